The first-order chi connectivity index (χ1) is 27.7. The van der Waals surface area contributed by atoms with Gasteiger partial charge in [-0.2, -0.15) is 5.26 Å². The lowest BCUT2D eigenvalue weighted by Gasteiger charge is -2.11. The summed E-state index contributed by atoms with van der Waals surface area (Å²) in [6, 6.07) is 67.1. The Morgan fingerprint density at radius 2 is 0.607 bits per heavy atom. The predicted octanol–water partition coefficient (Wildman–Crippen LogP) is 11.9. The van der Waals surface area contributed by atoms with E-state index in [0.717, 1.165) is 67.0 Å². The van der Waals surface area contributed by atoms with Gasteiger partial charge in [0, 0.05) is 33.4 Å². The van der Waals surface area contributed by atoms with E-state index < -0.39 is 0 Å². The van der Waals surface area contributed by atoms with Gasteiger partial charge in [-0.3, -0.25) is 0 Å². The van der Waals surface area contributed by atoms with Crippen LogP contribution in [-0.2, 0) is 0 Å². The fourth-order valence-electron chi connectivity index (χ4n) is 6.64. The van der Waals surface area contributed by atoms with E-state index in [4.69, 9.17) is 24.9 Å². The third kappa shape index (κ3) is 7.21. The van der Waals surface area contributed by atoms with E-state index >= 15 is 0 Å². The fraction of sp³-hybridized carbons (Fsp3) is 0. The molecular formula is C50H32N6. The number of hydrogen-bond donors (Lipinski definition) is 0. The summed E-state index contributed by atoms with van der Waals surface area (Å²) in [6.07, 6.45) is 0. The molecule has 2 heterocycles. The van der Waals surface area contributed by atoms with Crippen LogP contribution in [0.3, 0.4) is 0 Å². The summed E-state index contributed by atoms with van der Waals surface area (Å²) in [4.78, 5) is 24.7. The average Bonchev–Trinajstić information content (AvgIpc) is 3.30. The lowest BCUT2D eigenvalue weighted by Crippen LogP contribution is -2.00. The quantitative estimate of drug-likeness (QED) is 0.156. The van der Waals surface area contributed by atoms with Crippen molar-refractivity contribution in [1.29, 1.82) is 5.26 Å². The van der Waals surface area contributed by atoms with Crippen LogP contribution in [0.25, 0.3) is 90.3 Å². The summed E-state index contributed by atoms with van der Waals surface area (Å²) < 4.78 is 0. The van der Waals surface area contributed by atoms with E-state index in [2.05, 4.69) is 84.9 Å². The molecule has 6 heteroatoms. The first-order valence-corrected chi connectivity index (χ1v) is 18.3. The van der Waals surface area contributed by atoms with Crippen LogP contribution in [0.15, 0.2) is 194 Å². The van der Waals surface area contributed by atoms with E-state index in [1.807, 2.05) is 115 Å². The van der Waals surface area contributed by atoms with Crippen LogP contribution in [0.2, 0.25) is 0 Å². The normalized spacial score (nSPS) is 10.8. The molecule has 0 N–H and O–H groups in total. The van der Waals surface area contributed by atoms with Crippen molar-refractivity contribution in [3.8, 4) is 96.4 Å². The van der Waals surface area contributed by atoms with Crippen LogP contribution in [0, 0.1) is 11.3 Å². The van der Waals surface area contributed by atoms with Crippen LogP contribution in [0.5, 0.6) is 0 Å². The molecule has 0 saturated carbocycles. The highest BCUT2D eigenvalue weighted by Gasteiger charge is 2.14. The zero-order valence-corrected chi connectivity index (χ0v) is 30.2. The van der Waals surface area contributed by atoms with E-state index in [0.29, 0.717) is 28.9 Å². The SMILES string of the molecule is N#Cc1ccc(-c2ccc(-c3cc(-c4cccc(-c5ccc(-c6nc(-c7ccccc7)nc(-c7ccccc7)n6)cc5)c4)nc(-c4ccccc4)n3)cc2)cc1. The second-order valence-electron chi connectivity index (χ2n) is 13.3. The van der Waals surface area contributed by atoms with Gasteiger partial charge in [0.1, 0.15) is 0 Å². The number of benzene rings is 7. The molecule has 7 aromatic carbocycles. The molecule has 262 valence electrons. The molecule has 0 bridgehead atoms. The van der Waals surface area contributed by atoms with Crippen molar-refractivity contribution in [3.05, 3.63) is 200 Å². The van der Waals surface area contributed by atoms with Gasteiger partial charge in [-0.05, 0) is 46.5 Å². The third-order valence-electron chi connectivity index (χ3n) is 9.62. The largest absolute Gasteiger partial charge is 0.228 e. The van der Waals surface area contributed by atoms with Crippen LogP contribution < -0.4 is 0 Å². The molecule has 9 aromatic rings. The van der Waals surface area contributed by atoms with Gasteiger partial charge in [0.25, 0.3) is 0 Å². The molecule has 0 aliphatic rings. The standard InChI is InChI=1S/C50H32N6/c51-33-34-19-21-35(22-20-34)36-23-27-38(28-24-36)45-32-46(53-47(52-45)39-11-4-1-5-12-39)44-18-10-17-43(31-44)37-25-29-42(30-26-37)50-55-48(40-13-6-2-7-14-40)54-49(56-50)41-15-8-3-9-16-41/h1-32H. The summed E-state index contributed by atoms with van der Waals surface area (Å²) in [5, 5.41) is 9.20. The van der Waals surface area contributed by atoms with Gasteiger partial charge in [-0.1, -0.05) is 170 Å². The molecule has 0 amide bonds. The zero-order chi connectivity index (χ0) is 37.7. The minimum Gasteiger partial charge on any atom is -0.228 e. The topological polar surface area (TPSA) is 88.2 Å². The predicted molar refractivity (Wildman–Crippen MR) is 224 cm³/mol. The Balaban J connectivity index is 1.05. The first kappa shape index (κ1) is 33.9. The molecule has 6 nitrogen and oxygen atoms in total. The molecule has 0 saturated heterocycles. The van der Waals surface area contributed by atoms with E-state index in [9.17, 15) is 5.26 Å². The maximum Gasteiger partial charge on any atom is 0.164 e. The summed E-state index contributed by atoms with van der Waals surface area (Å²) in [5.41, 5.74) is 12.2. The van der Waals surface area contributed by atoms with Gasteiger partial charge in [0.05, 0.1) is 23.0 Å². The van der Waals surface area contributed by atoms with E-state index in [1.54, 1.807) is 0 Å². The number of nitrogens with zero attached hydrogens (tertiary/aromatic N) is 6. The molecule has 0 fully saturated rings. The van der Waals surface area contributed by atoms with Crippen molar-refractivity contribution in [3.63, 3.8) is 0 Å². The van der Waals surface area contributed by atoms with Gasteiger partial charge in [0.2, 0.25) is 0 Å². The van der Waals surface area contributed by atoms with Crippen LogP contribution in [-0.4, -0.2) is 24.9 Å². The molecule has 0 atom stereocenters. The highest BCUT2D eigenvalue weighted by molar-refractivity contribution is 5.78. The highest BCUT2D eigenvalue weighted by atomic mass is 15.0. The maximum atomic E-state index is 9.20. The number of nitriles is 1. The molecule has 0 spiro atoms. The second kappa shape index (κ2) is 15.2. The van der Waals surface area contributed by atoms with Gasteiger partial charge in [-0.15, -0.1) is 0 Å². The summed E-state index contributed by atoms with van der Waals surface area (Å²) in [6.45, 7) is 0. The molecule has 56 heavy (non-hydrogen) atoms. The fourth-order valence-corrected chi connectivity index (χ4v) is 6.64. The summed E-state index contributed by atoms with van der Waals surface area (Å²) in [5.74, 6) is 2.54. The molecular weight excluding hydrogens is 685 g/mol. The molecule has 0 aliphatic carbocycles. The van der Waals surface area contributed by atoms with Gasteiger partial charge in [-0.25, -0.2) is 24.9 Å². The summed E-state index contributed by atoms with van der Waals surface area (Å²) in [7, 11) is 0. The lowest BCUT2D eigenvalue weighted by atomic mass is 9.99. The van der Waals surface area contributed by atoms with Crippen molar-refractivity contribution in [2.24, 2.45) is 0 Å². The Kier molecular flexibility index (Phi) is 9.23. The molecule has 0 aliphatic heterocycles. The highest BCUT2D eigenvalue weighted by Crippen LogP contribution is 2.33. The van der Waals surface area contributed by atoms with Crippen molar-refractivity contribution < 1.29 is 0 Å². The lowest BCUT2D eigenvalue weighted by molar-refractivity contribution is 1.07. The Labute approximate surface area is 325 Å². The molecule has 0 radical (unpaired) electrons. The molecule has 9 rings (SSSR count). The van der Waals surface area contributed by atoms with Crippen molar-refractivity contribution in [2.75, 3.05) is 0 Å². The van der Waals surface area contributed by atoms with Crippen LogP contribution >= 0.6 is 0 Å². The van der Waals surface area contributed by atoms with E-state index in [1.165, 1.54) is 0 Å². The number of aromatic nitrogens is 5. The third-order valence-corrected chi connectivity index (χ3v) is 9.62. The maximum absolute atomic E-state index is 9.20. The number of hydrogen-bond acceptors (Lipinski definition) is 6. The monoisotopic (exact) mass is 716 g/mol. The Morgan fingerprint density at radius 1 is 0.268 bits per heavy atom. The van der Waals surface area contributed by atoms with Crippen molar-refractivity contribution in [2.45, 2.75) is 0 Å². The average molecular weight is 717 g/mol. The second-order valence-corrected chi connectivity index (χ2v) is 13.3. The zero-order valence-electron chi connectivity index (χ0n) is 30.2. The van der Waals surface area contributed by atoms with Crippen molar-refractivity contribution in [1.82, 2.24) is 24.9 Å². The Hall–Kier alpha value is -7.88. The Bertz CT molecular complexity index is 2760. The minimum atomic E-state index is 0.616. The number of rotatable bonds is 8. The van der Waals surface area contributed by atoms with Crippen molar-refractivity contribution >= 4 is 0 Å². The summed E-state index contributed by atoms with van der Waals surface area (Å²) >= 11 is 0. The van der Waals surface area contributed by atoms with Gasteiger partial charge in [0.15, 0.2) is 23.3 Å². The molecule has 0 unspecified atom stereocenters. The first-order valence-electron chi connectivity index (χ1n) is 18.3. The van der Waals surface area contributed by atoms with Gasteiger partial charge >= 0.3 is 0 Å². The van der Waals surface area contributed by atoms with Crippen LogP contribution in [0.4, 0.5) is 0 Å². The molecule has 2 aromatic heterocycles. The smallest absolute Gasteiger partial charge is 0.164 e. The van der Waals surface area contributed by atoms with Gasteiger partial charge < -0.3 is 0 Å². The van der Waals surface area contributed by atoms with Crippen LogP contribution in [0.1, 0.15) is 5.56 Å². The van der Waals surface area contributed by atoms with E-state index in [-0.39, 0.29) is 0 Å². The Morgan fingerprint density at radius 3 is 1.09 bits per heavy atom. The minimum absolute atomic E-state index is 0.616.